The van der Waals surface area contributed by atoms with E-state index in [0.717, 1.165) is 12.8 Å². The van der Waals surface area contributed by atoms with Crippen molar-refractivity contribution < 1.29 is 23.6 Å². The molecule has 3 unspecified atom stereocenters. The molecule has 3 aromatic rings. The normalized spacial score (nSPS) is 23.9. The molecule has 3 atom stereocenters. The molecule has 0 spiro atoms. The number of rotatable bonds is 5. The largest absolute Gasteiger partial charge is 0.330 e. The molecule has 3 fully saturated rings. The zero-order chi connectivity index (χ0) is 29.0. The third-order valence-corrected chi connectivity index (χ3v) is 9.22. The van der Waals surface area contributed by atoms with Crippen molar-refractivity contribution >= 4 is 23.6 Å². The van der Waals surface area contributed by atoms with E-state index < -0.39 is 23.7 Å². The smallest absolute Gasteiger partial charge is 0.257 e. The number of piperidine rings is 1. The first-order chi connectivity index (χ1) is 20.4. The summed E-state index contributed by atoms with van der Waals surface area (Å²) in [7, 11) is 0. The highest BCUT2D eigenvalue weighted by Crippen LogP contribution is 2.39. The minimum atomic E-state index is -0.841. The van der Waals surface area contributed by atoms with Gasteiger partial charge in [0, 0.05) is 42.7 Å². The highest BCUT2D eigenvalue weighted by Gasteiger charge is 2.46. The Bertz CT molecular complexity index is 1530. The van der Waals surface area contributed by atoms with Crippen molar-refractivity contribution in [1.29, 1.82) is 0 Å². The van der Waals surface area contributed by atoms with Gasteiger partial charge >= 0.3 is 0 Å². The molecule has 214 valence electrons. The predicted octanol–water partition coefficient (Wildman–Crippen LogP) is 3.67. The highest BCUT2D eigenvalue weighted by atomic mass is 19.1. The Morgan fingerprint density at radius 2 is 1.45 bits per heavy atom. The summed E-state index contributed by atoms with van der Waals surface area (Å²) >= 11 is 0. The fourth-order valence-corrected chi connectivity index (χ4v) is 7.27. The molecule has 4 aliphatic heterocycles. The third-order valence-electron chi connectivity index (χ3n) is 9.22. The summed E-state index contributed by atoms with van der Waals surface area (Å²) in [5.41, 5.74) is 2.64. The first-order valence-corrected chi connectivity index (χ1v) is 14.5. The molecule has 0 aromatic heterocycles. The molecule has 42 heavy (non-hydrogen) atoms. The molecule has 3 saturated heterocycles. The van der Waals surface area contributed by atoms with Crippen LogP contribution in [0.5, 0.6) is 0 Å². The Hall–Kier alpha value is -4.37. The van der Waals surface area contributed by atoms with Crippen molar-refractivity contribution in [2.75, 3.05) is 13.1 Å². The second-order valence-corrected chi connectivity index (χ2v) is 11.6. The van der Waals surface area contributed by atoms with E-state index in [1.807, 2.05) is 41.3 Å². The van der Waals surface area contributed by atoms with Crippen molar-refractivity contribution in [3.05, 3.63) is 106 Å². The molecule has 4 heterocycles. The maximum atomic E-state index is 16.0. The topological polar surface area (TPSA) is 90.0 Å². The van der Waals surface area contributed by atoms with Crippen LogP contribution in [0.2, 0.25) is 0 Å². The van der Waals surface area contributed by atoms with Crippen molar-refractivity contribution in [2.24, 2.45) is 0 Å². The molecular weight excluding hydrogens is 535 g/mol. The number of fused-ring (bicyclic) bond motifs is 3. The Morgan fingerprint density at radius 1 is 0.833 bits per heavy atom. The van der Waals surface area contributed by atoms with E-state index in [9.17, 15) is 19.2 Å². The molecule has 4 aliphatic rings. The van der Waals surface area contributed by atoms with Gasteiger partial charge < -0.3 is 9.80 Å². The van der Waals surface area contributed by atoms with Gasteiger partial charge in [-0.2, -0.15) is 0 Å². The second kappa shape index (κ2) is 10.5. The number of hydrogen-bond donors (Lipinski definition) is 1. The molecule has 1 N–H and O–H groups in total. The molecule has 0 radical (unpaired) electrons. The summed E-state index contributed by atoms with van der Waals surface area (Å²) in [5.74, 6) is -2.45. The quantitative estimate of drug-likeness (QED) is 0.476. The average Bonchev–Trinajstić information content (AvgIpc) is 3.47. The van der Waals surface area contributed by atoms with Crippen LogP contribution in [0.15, 0.2) is 72.8 Å². The maximum absolute atomic E-state index is 16.0. The fourth-order valence-electron chi connectivity index (χ4n) is 7.27. The standard InChI is InChI=1S/C33H31FN4O4/c34-29-25(14-13-24-26(29)19-37(32(24)41)27-15-16-28(39)35-31(27)40)33(42)38-22-11-12-23(38)18-36(17-22)30(20-7-3-1-4-8-20)21-9-5-2-6-10-21/h1-10,13-14,22-23,27,30H,11-12,15-19H2,(H,35,39,40). The molecule has 0 saturated carbocycles. The molecule has 9 heteroatoms. The van der Waals surface area contributed by atoms with Gasteiger partial charge in [-0.3, -0.25) is 29.4 Å². The third kappa shape index (κ3) is 4.39. The van der Waals surface area contributed by atoms with Crippen LogP contribution in [0.1, 0.15) is 69.1 Å². The number of halogens is 1. The van der Waals surface area contributed by atoms with Crippen LogP contribution in [0.4, 0.5) is 4.39 Å². The number of carbonyl (C=O) groups is 4. The molecule has 2 bridgehead atoms. The SMILES string of the molecule is O=C1CCC(N2Cc3c(ccc(C(=O)N4C5CCC4CN(C(c4ccccc4)c4ccccc4)C5)c3F)C2=O)C(=O)N1. The Morgan fingerprint density at radius 3 is 2.05 bits per heavy atom. The van der Waals surface area contributed by atoms with Crippen LogP contribution >= 0.6 is 0 Å². The van der Waals surface area contributed by atoms with Gasteiger partial charge in [0.15, 0.2) is 0 Å². The number of piperazine rings is 1. The maximum Gasteiger partial charge on any atom is 0.257 e. The van der Waals surface area contributed by atoms with Crippen LogP contribution in [0, 0.1) is 5.82 Å². The lowest BCUT2D eigenvalue weighted by Gasteiger charge is -2.44. The van der Waals surface area contributed by atoms with Crippen LogP contribution in [0.25, 0.3) is 0 Å². The second-order valence-electron chi connectivity index (χ2n) is 11.6. The van der Waals surface area contributed by atoms with E-state index >= 15 is 4.39 Å². The zero-order valence-corrected chi connectivity index (χ0v) is 23.0. The monoisotopic (exact) mass is 566 g/mol. The number of amides is 4. The van der Waals surface area contributed by atoms with E-state index in [4.69, 9.17) is 0 Å². The molecular formula is C33H31FN4O4. The summed E-state index contributed by atoms with van der Waals surface area (Å²) in [6.45, 7) is 1.24. The number of nitrogens with zero attached hydrogens (tertiary/aromatic N) is 3. The first kappa shape index (κ1) is 26.5. The summed E-state index contributed by atoms with van der Waals surface area (Å²) in [6, 6.07) is 22.7. The van der Waals surface area contributed by atoms with Crippen molar-refractivity contribution in [1.82, 2.24) is 20.0 Å². The molecule has 8 nitrogen and oxygen atoms in total. The number of nitrogens with one attached hydrogen (secondary N) is 1. The minimum absolute atomic E-state index is 0.0420. The van der Waals surface area contributed by atoms with Gasteiger partial charge in [-0.05, 0) is 42.5 Å². The lowest BCUT2D eigenvalue weighted by molar-refractivity contribution is -0.136. The zero-order valence-electron chi connectivity index (χ0n) is 23.0. The van der Waals surface area contributed by atoms with Gasteiger partial charge in [0.05, 0.1) is 18.2 Å². The van der Waals surface area contributed by atoms with E-state index in [1.54, 1.807) is 0 Å². The summed E-state index contributed by atoms with van der Waals surface area (Å²) in [6.07, 6.45) is 2.00. The number of hydrogen-bond acceptors (Lipinski definition) is 5. The number of benzene rings is 3. The summed E-state index contributed by atoms with van der Waals surface area (Å²) in [5, 5.41) is 2.26. The minimum Gasteiger partial charge on any atom is -0.330 e. The van der Waals surface area contributed by atoms with Gasteiger partial charge in [0.25, 0.3) is 11.8 Å². The number of carbonyl (C=O) groups excluding carboxylic acids is 4. The van der Waals surface area contributed by atoms with E-state index in [0.29, 0.717) is 13.1 Å². The molecule has 4 amide bonds. The van der Waals surface area contributed by atoms with Crippen molar-refractivity contribution in [2.45, 2.75) is 56.4 Å². The predicted molar refractivity (Wildman–Crippen MR) is 152 cm³/mol. The Balaban J connectivity index is 1.13. The van der Waals surface area contributed by atoms with Crippen LogP contribution < -0.4 is 5.32 Å². The summed E-state index contributed by atoms with van der Waals surface area (Å²) in [4.78, 5) is 56.6. The van der Waals surface area contributed by atoms with Gasteiger partial charge in [-0.15, -0.1) is 0 Å². The lowest BCUT2D eigenvalue weighted by atomic mass is 9.95. The van der Waals surface area contributed by atoms with E-state index in [-0.39, 0.29) is 66.0 Å². The van der Waals surface area contributed by atoms with Crippen LogP contribution in [0.3, 0.4) is 0 Å². The summed E-state index contributed by atoms with van der Waals surface area (Å²) < 4.78 is 16.0. The highest BCUT2D eigenvalue weighted by molar-refractivity contribution is 6.06. The molecule has 3 aromatic carbocycles. The average molecular weight is 567 g/mol. The van der Waals surface area contributed by atoms with E-state index in [2.05, 4.69) is 34.5 Å². The Labute approximate surface area is 243 Å². The fraction of sp³-hybridized carbons (Fsp3) is 0.333. The number of likely N-dealkylation sites (tertiary alicyclic amines) is 1. The molecule has 7 rings (SSSR count). The Kier molecular flexibility index (Phi) is 6.61. The van der Waals surface area contributed by atoms with E-state index in [1.165, 1.54) is 28.2 Å². The van der Waals surface area contributed by atoms with Gasteiger partial charge in [-0.25, -0.2) is 4.39 Å². The lowest BCUT2D eigenvalue weighted by Crippen LogP contribution is -2.56. The van der Waals surface area contributed by atoms with Gasteiger partial charge in [0.1, 0.15) is 11.9 Å². The number of imide groups is 1. The first-order valence-electron chi connectivity index (χ1n) is 14.5. The van der Waals surface area contributed by atoms with Gasteiger partial charge in [-0.1, -0.05) is 60.7 Å². The van der Waals surface area contributed by atoms with Crippen molar-refractivity contribution in [3.8, 4) is 0 Å². The van der Waals surface area contributed by atoms with Crippen LogP contribution in [-0.2, 0) is 16.1 Å². The molecule has 0 aliphatic carbocycles. The van der Waals surface area contributed by atoms with Gasteiger partial charge in [0.2, 0.25) is 11.8 Å². The van der Waals surface area contributed by atoms with Crippen LogP contribution in [-0.4, -0.2) is 69.5 Å². The van der Waals surface area contributed by atoms with Crippen molar-refractivity contribution in [3.63, 3.8) is 0 Å².